The molecular weight excluding hydrogens is 232 g/mol. The summed E-state index contributed by atoms with van der Waals surface area (Å²) in [5, 5.41) is 27.2. The molecule has 0 fully saturated rings. The summed E-state index contributed by atoms with van der Waals surface area (Å²) in [6.45, 7) is 1.88. The largest absolute Gasteiger partial charge is 0.711 e. The lowest BCUT2D eigenvalue weighted by Crippen LogP contribution is -2.35. The summed E-state index contributed by atoms with van der Waals surface area (Å²) in [4.78, 5) is 0.512. The van der Waals surface area contributed by atoms with E-state index >= 15 is 0 Å². The Balaban J connectivity index is 2.35. The summed E-state index contributed by atoms with van der Waals surface area (Å²) < 4.78 is 2.04. The SMILES string of the molecule is Cc1cc[n+]([O-])c(-n2n[n+]([O-])c3ccccc32)c1. The van der Waals surface area contributed by atoms with Gasteiger partial charge in [-0.05, 0) is 30.7 Å². The summed E-state index contributed by atoms with van der Waals surface area (Å²) in [6.07, 6.45) is 1.40. The van der Waals surface area contributed by atoms with E-state index in [4.69, 9.17) is 0 Å². The Labute approximate surface area is 102 Å². The Morgan fingerprint density at radius 3 is 2.78 bits per heavy atom. The van der Waals surface area contributed by atoms with E-state index < -0.39 is 0 Å². The number of hydrogen-bond acceptors (Lipinski definition) is 3. The second kappa shape index (κ2) is 3.69. The molecule has 0 saturated carbocycles. The normalized spacial score (nSPS) is 10.9. The van der Waals surface area contributed by atoms with E-state index in [1.807, 2.05) is 6.92 Å². The Kier molecular flexibility index (Phi) is 2.16. The van der Waals surface area contributed by atoms with E-state index in [2.05, 4.69) is 5.21 Å². The maximum atomic E-state index is 11.8. The Hall–Kier alpha value is -2.63. The van der Waals surface area contributed by atoms with Crippen LogP contribution in [0, 0.1) is 17.3 Å². The van der Waals surface area contributed by atoms with Crippen molar-refractivity contribution in [1.82, 2.24) is 9.90 Å². The second-order valence-corrected chi connectivity index (χ2v) is 4.05. The zero-order chi connectivity index (χ0) is 12.7. The minimum Gasteiger partial charge on any atom is -0.711 e. The van der Waals surface area contributed by atoms with Gasteiger partial charge >= 0.3 is 5.82 Å². The maximum Gasteiger partial charge on any atom is 0.314 e. The molecule has 6 nitrogen and oxygen atoms in total. The van der Waals surface area contributed by atoms with Crippen molar-refractivity contribution >= 4 is 11.0 Å². The molecule has 0 amide bonds. The number of aryl methyl sites for hydroxylation is 1. The highest BCUT2D eigenvalue weighted by molar-refractivity contribution is 5.72. The molecule has 1 aromatic carbocycles. The molecule has 2 aromatic heterocycles. The number of nitrogens with zero attached hydrogens (tertiary/aromatic N) is 4. The van der Waals surface area contributed by atoms with Crippen LogP contribution in [-0.2, 0) is 0 Å². The smallest absolute Gasteiger partial charge is 0.314 e. The molecule has 0 aliphatic heterocycles. The van der Waals surface area contributed by atoms with E-state index in [-0.39, 0.29) is 0 Å². The first-order chi connectivity index (χ1) is 8.66. The predicted molar refractivity (Wildman–Crippen MR) is 63.7 cm³/mol. The third kappa shape index (κ3) is 1.46. The highest BCUT2D eigenvalue weighted by Gasteiger charge is 2.19. The lowest BCUT2D eigenvalue weighted by molar-refractivity contribution is -0.649. The highest BCUT2D eigenvalue weighted by Crippen LogP contribution is 2.12. The number of fused-ring (bicyclic) bond motifs is 1. The van der Waals surface area contributed by atoms with Crippen LogP contribution in [0.3, 0.4) is 0 Å². The summed E-state index contributed by atoms with van der Waals surface area (Å²) >= 11 is 0. The van der Waals surface area contributed by atoms with Crippen molar-refractivity contribution in [2.75, 3.05) is 0 Å². The molecule has 0 bridgehead atoms. The van der Waals surface area contributed by atoms with Crippen molar-refractivity contribution in [1.29, 1.82) is 0 Å². The average Bonchev–Trinajstić information content (AvgIpc) is 2.71. The fraction of sp³-hybridized carbons (Fsp3) is 0.0833. The molecule has 0 aliphatic carbocycles. The lowest BCUT2D eigenvalue weighted by atomic mass is 10.3. The predicted octanol–water partition coefficient (Wildman–Crippen LogP) is 0.601. The van der Waals surface area contributed by atoms with Crippen LogP contribution in [0.4, 0.5) is 0 Å². The molecule has 18 heavy (non-hydrogen) atoms. The Morgan fingerprint density at radius 2 is 1.94 bits per heavy atom. The van der Waals surface area contributed by atoms with Crippen molar-refractivity contribution in [3.05, 3.63) is 58.6 Å². The first kappa shape index (κ1) is 10.5. The van der Waals surface area contributed by atoms with Gasteiger partial charge in [-0.15, -0.1) is 4.85 Å². The topological polar surface area (TPSA) is 71.7 Å². The minimum absolute atomic E-state index is 0.306. The third-order valence-electron chi connectivity index (χ3n) is 2.76. The van der Waals surface area contributed by atoms with Crippen LogP contribution in [0.25, 0.3) is 16.9 Å². The van der Waals surface area contributed by atoms with Gasteiger partial charge in [-0.25, -0.2) is 4.73 Å². The van der Waals surface area contributed by atoms with Crippen molar-refractivity contribution in [2.45, 2.75) is 6.92 Å². The van der Waals surface area contributed by atoms with Crippen LogP contribution in [-0.4, -0.2) is 9.90 Å². The maximum absolute atomic E-state index is 11.8. The van der Waals surface area contributed by atoms with Crippen LogP contribution >= 0.6 is 0 Å². The molecule has 0 spiro atoms. The van der Waals surface area contributed by atoms with Crippen molar-refractivity contribution in [3.63, 3.8) is 0 Å². The number of hydrogen-bond donors (Lipinski definition) is 0. The van der Waals surface area contributed by atoms with Crippen molar-refractivity contribution in [2.24, 2.45) is 0 Å². The second-order valence-electron chi connectivity index (χ2n) is 4.05. The minimum atomic E-state index is 0.306. The number of benzene rings is 1. The van der Waals surface area contributed by atoms with Crippen LogP contribution < -0.4 is 9.58 Å². The number of pyridine rings is 1. The van der Waals surface area contributed by atoms with Gasteiger partial charge in [0, 0.05) is 6.07 Å². The van der Waals surface area contributed by atoms with Gasteiger partial charge in [0.1, 0.15) is 5.21 Å². The number of para-hydroxylation sites is 2. The van der Waals surface area contributed by atoms with Gasteiger partial charge in [-0.3, -0.25) is 0 Å². The molecule has 3 aromatic rings. The average molecular weight is 242 g/mol. The molecule has 90 valence electrons. The van der Waals surface area contributed by atoms with Gasteiger partial charge in [0.15, 0.2) is 0 Å². The van der Waals surface area contributed by atoms with Gasteiger partial charge in [0.2, 0.25) is 11.0 Å². The molecule has 0 unspecified atom stereocenters. The summed E-state index contributed by atoms with van der Waals surface area (Å²) in [6, 6.07) is 10.4. The van der Waals surface area contributed by atoms with Gasteiger partial charge in [0.25, 0.3) is 0 Å². The van der Waals surface area contributed by atoms with E-state index in [9.17, 15) is 10.4 Å². The van der Waals surface area contributed by atoms with E-state index in [1.165, 1.54) is 10.9 Å². The summed E-state index contributed by atoms with van der Waals surface area (Å²) in [5.41, 5.74) is 1.95. The molecule has 3 rings (SSSR count). The van der Waals surface area contributed by atoms with Crippen LogP contribution in [0.2, 0.25) is 0 Å². The number of aromatic nitrogens is 4. The third-order valence-corrected chi connectivity index (χ3v) is 2.76. The molecule has 2 heterocycles. The van der Waals surface area contributed by atoms with Gasteiger partial charge < -0.3 is 10.4 Å². The molecule has 0 saturated heterocycles. The first-order valence-electron chi connectivity index (χ1n) is 5.44. The molecule has 0 aliphatic rings. The van der Waals surface area contributed by atoms with Crippen molar-refractivity contribution < 1.29 is 9.58 Å². The standard InChI is InChI=1S/C12H10N4O2/c1-9-6-7-14(17)12(8-9)15-10-4-2-3-5-11(10)16(18)13-15/h2-8H,1H3. The molecule has 0 N–H and O–H groups in total. The Morgan fingerprint density at radius 1 is 1.17 bits per heavy atom. The van der Waals surface area contributed by atoms with Gasteiger partial charge in [0.05, 0.1) is 6.20 Å². The fourth-order valence-electron chi connectivity index (χ4n) is 1.88. The highest BCUT2D eigenvalue weighted by atomic mass is 16.5. The summed E-state index contributed by atoms with van der Waals surface area (Å²) in [5.74, 6) is 0.306. The first-order valence-corrected chi connectivity index (χ1v) is 5.44. The van der Waals surface area contributed by atoms with Crippen LogP contribution in [0.5, 0.6) is 0 Å². The zero-order valence-corrected chi connectivity index (χ0v) is 9.65. The molecule has 0 radical (unpaired) electrons. The van der Waals surface area contributed by atoms with E-state index in [0.29, 0.717) is 26.4 Å². The molecule has 0 atom stereocenters. The van der Waals surface area contributed by atoms with Crippen LogP contribution in [0.15, 0.2) is 42.6 Å². The molecular formula is C12H10N4O2. The van der Waals surface area contributed by atoms with Crippen LogP contribution in [0.1, 0.15) is 5.56 Å². The van der Waals surface area contributed by atoms with E-state index in [1.54, 1.807) is 36.4 Å². The lowest BCUT2D eigenvalue weighted by Gasteiger charge is -2.06. The van der Waals surface area contributed by atoms with Gasteiger partial charge in [-0.1, -0.05) is 16.8 Å². The fourth-order valence-corrected chi connectivity index (χ4v) is 1.88. The monoisotopic (exact) mass is 242 g/mol. The zero-order valence-electron chi connectivity index (χ0n) is 9.65. The van der Waals surface area contributed by atoms with Gasteiger partial charge in [-0.2, -0.15) is 0 Å². The summed E-state index contributed by atoms with van der Waals surface area (Å²) in [7, 11) is 0. The quantitative estimate of drug-likeness (QED) is 0.463. The Bertz CT molecular complexity index is 736. The number of rotatable bonds is 1. The van der Waals surface area contributed by atoms with Crippen molar-refractivity contribution in [3.8, 4) is 5.82 Å². The van der Waals surface area contributed by atoms with E-state index in [0.717, 1.165) is 5.56 Å². The molecule has 6 heteroatoms.